The molecule has 0 fully saturated rings. The number of aromatic nitrogens is 2. The number of ether oxygens (including phenoxy) is 2. The van der Waals surface area contributed by atoms with E-state index in [0.717, 1.165) is 6.29 Å². The molecule has 0 amide bonds. The van der Waals surface area contributed by atoms with Crippen LogP contribution in [0.25, 0.3) is 0 Å². The lowest BCUT2D eigenvalue weighted by atomic mass is 10.2. The molecule has 1 heterocycles. The van der Waals surface area contributed by atoms with E-state index < -0.39 is 0 Å². The Labute approximate surface area is 129 Å². The predicted molar refractivity (Wildman–Crippen MR) is 80.9 cm³/mol. The van der Waals surface area contributed by atoms with Gasteiger partial charge in [0.2, 0.25) is 0 Å². The molecule has 22 heavy (non-hydrogen) atoms. The molecule has 0 aliphatic carbocycles. The first-order chi connectivity index (χ1) is 10.8. The van der Waals surface area contributed by atoms with Gasteiger partial charge >= 0.3 is 0 Å². The molecule has 6 nitrogen and oxygen atoms in total. The summed E-state index contributed by atoms with van der Waals surface area (Å²) in [7, 11) is 0. The molecule has 1 aromatic heterocycles. The van der Waals surface area contributed by atoms with Crippen molar-refractivity contribution in [3.63, 3.8) is 0 Å². The molecule has 0 saturated carbocycles. The van der Waals surface area contributed by atoms with Crippen molar-refractivity contribution < 1.29 is 14.3 Å². The van der Waals surface area contributed by atoms with Gasteiger partial charge in [0.15, 0.2) is 17.8 Å². The Balaban J connectivity index is 0.000000255. The van der Waals surface area contributed by atoms with Crippen molar-refractivity contribution in [2.24, 2.45) is 0 Å². The number of hydrogen-bond acceptors (Lipinski definition) is 6. The highest BCUT2D eigenvalue weighted by atomic mass is 16.5. The highest BCUT2D eigenvalue weighted by molar-refractivity contribution is 5.81. The van der Waals surface area contributed by atoms with E-state index in [0.29, 0.717) is 35.8 Å². The van der Waals surface area contributed by atoms with Gasteiger partial charge < -0.3 is 9.47 Å². The zero-order chi connectivity index (χ0) is 16.2. The number of carbonyl (C=O) groups is 1. The van der Waals surface area contributed by atoms with Crippen molar-refractivity contribution in [1.82, 2.24) is 9.97 Å². The van der Waals surface area contributed by atoms with E-state index in [-0.39, 0.29) is 0 Å². The van der Waals surface area contributed by atoms with Crippen molar-refractivity contribution >= 4 is 6.29 Å². The maximum absolute atomic E-state index is 10.7. The lowest BCUT2D eigenvalue weighted by Gasteiger charge is -2.11. The monoisotopic (exact) mass is 299 g/mol. The third-order valence-corrected chi connectivity index (χ3v) is 2.41. The number of rotatable bonds is 5. The molecule has 0 aliphatic rings. The van der Waals surface area contributed by atoms with Crippen LogP contribution in [0.2, 0.25) is 0 Å². The molecule has 0 radical (unpaired) electrons. The van der Waals surface area contributed by atoms with Crippen molar-refractivity contribution in [1.29, 1.82) is 5.26 Å². The molecule has 2 rings (SSSR count). The molecule has 0 bridgehead atoms. The summed E-state index contributed by atoms with van der Waals surface area (Å²) in [6, 6.07) is 7.18. The number of nitrogens with zero attached hydrogens (tertiary/aromatic N) is 3. The van der Waals surface area contributed by atoms with Crippen molar-refractivity contribution in [2.45, 2.75) is 13.8 Å². The Morgan fingerprint density at radius 1 is 1.18 bits per heavy atom. The maximum Gasteiger partial charge on any atom is 0.171 e. The van der Waals surface area contributed by atoms with E-state index in [1.165, 1.54) is 18.7 Å². The van der Waals surface area contributed by atoms with Gasteiger partial charge in [-0.1, -0.05) is 6.07 Å². The molecule has 1 aromatic carbocycles. The highest BCUT2D eigenvalue weighted by Gasteiger charge is 2.09. The molecule has 6 heteroatoms. The fourth-order valence-corrected chi connectivity index (χ4v) is 1.55. The summed E-state index contributed by atoms with van der Waals surface area (Å²) in [4.78, 5) is 18.0. The van der Waals surface area contributed by atoms with E-state index in [9.17, 15) is 4.79 Å². The second-order valence-corrected chi connectivity index (χ2v) is 3.90. The van der Waals surface area contributed by atoms with Crippen LogP contribution in [0.4, 0.5) is 0 Å². The van der Waals surface area contributed by atoms with Crippen molar-refractivity contribution in [3.05, 3.63) is 48.0 Å². The Bertz CT molecular complexity index is 624. The number of nitriles is 1. The minimum atomic E-state index is 0.493. The average molecular weight is 299 g/mol. The molecule has 114 valence electrons. The molecule has 0 aliphatic heterocycles. The maximum atomic E-state index is 10.7. The van der Waals surface area contributed by atoms with Crippen LogP contribution in [-0.4, -0.2) is 29.5 Å². The van der Waals surface area contributed by atoms with Crippen LogP contribution in [0.5, 0.6) is 11.5 Å². The minimum absolute atomic E-state index is 0.493. The lowest BCUT2D eigenvalue weighted by Crippen LogP contribution is -2.01. The summed E-state index contributed by atoms with van der Waals surface area (Å²) in [5, 5.41) is 8.21. The fraction of sp³-hybridized carbons (Fsp3) is 0.250. The SMILES string of the molecule is CCOc1cccc(C=O)c1OCC.N#Cc1cncnc1. The molecule has 0 spiro atoms. The molecular weight excluding hydrogens is 282 g/mol. The minimum Gasteiger partial charge on any atom is -0.490 e. The topological polar surface area (TPSA) is 85.1 Å². The Kier molecular flexibility index (Phi) is 7.69. The molecule has 0 atom stereocenters. The van der Waals surface area contributed by atoms with Gasteiger partial charge in [-0.25, -0.2) is 9.97 Å². The fourth-order valence-electron chi connectivity index (χ4n) is 1.55. The zero-order valence-corrected chi connectivity index (χ0v) is 12.5. The van der Waals surface area contributed by atoms with Gasteiger partial charge in [0, 0.05) is 12.4 Å². The van der Waals surface area contributed by atoms with Gasteiger partial charge in [0.25, 0.3) is 0 Å². The smallest absolute Gasteiger partial charge is 0.171 e. The number of hydrogen-bond donors (Lipinski definition) is 0. The van der Waals surface area contributed by atoms with Crippen LogP contribution < -0.4 is 9.47 Å². The third kappa shape index (κ3) is 5.21. The van der Waals surface area contributed by atoms with Crippen LogP contribution in [0.15, 0.2) is 36.9 Å². The van der Waals surface area contributed by atoms with E-state index >= 15 is 0 Å². The largest absolute Gasteiger partial charge is 0.490 e. The van der Waals surface area contributed by atoms with Crippen molar-refractivity contribution in [2.75, 3.05) is 13.2 Å². The molecule has 0 N–H and O–H groups in total. The standard InChI is InChI=1S/C11H14O3.C5H3N3/c1-3-13-10-7-5-6-9(8-12)11(10)14-4-2;6-1-5-2-7-4-8-3-5/h5-8H,3-4H2,1-2H3;2-4H. The second kappa shape index (κ2) is 9.88. The predicted octanol–water partition coefficient (Wildman–Crippen LogP) is 2.64. The number of benzene rings is 1. The van der Waals surface area contributed by atoms with Crippen LogP contribution >= 0.6 is 0 Å². The van der Waals surface area contributed by atoms with E-state index in [1.54, 1.807) is 18.2 Å². The summed E-state index contributed by atoms with van der Waals surface area (Å²) in [5.41, 5.74) is 1.02. The summed E-state index contributed by atoms with van der Waals surface area (Å²) in [6.45, 7) is 4.84. The Morgan fingerprint density at radius 2 is 1.86 bits per heavy atom. The van der Waals surface area contributed by atoms with Crippen LogP contribution in [0, 0.1) is 11.3 Å². The molecule has 0 saturated heterocycles. The van der Waals surface area contributed by atoms with Gasteiger partial charge in [0.1, 0.15) is 12.4 Å². The zero-order valence-electron chi connectivity index (χ0n) is 12.5. The summed E-state index contributed by atoms with van der Waals surface area (Å²) in [5.74, 6) is 1.16. The average Bonchev–Trinajstić information content (AvgIpc) is 2.58. The quantitative estimate of drug-likeness (QED) is 0.789. The summed E-state index contributed by atoms with van der Waals surface area (Å²) < 4.78 is 10.7. The van der Waals surface area contributed by atoms with Gasteiger partial charge in [-0.2, -0.15) is 5.26 Å². The van der Waals surface area contributed by atoms with Gasteiger partial charge in [-0.05, 0) is 26.0 Å². The number of carbonyl (C=O) groups excluding carboxylic acids is 1. The number of aldehydes is 1. The van der Waals surface area contributed by atoms with Crippen LogP contribution in [0.3, 0.4) is 0 Å². The van der Waals surface area contributed by atoms with E-state index in [4.69, 9.17) is 14.7 Å². The Morgan fingerprint density at radius 3 is 2.36 bits per heavy atom. The first-order valence-corrected chi connectivity index (χ1v) is 6.75. The lowest BCUT2D eigenvalue weighted by molar-refractivity contribution is 0.111. The van der Waals surface area contributed by atoms with Crippen LogP contribution in [-0.2, 0) is 0 Å². The second-order valence-electron chi connectivity index (χ2n) is 3.90. The van der Waals surface area contributed by atoms with Gasteiger partial charge in [-0.3, -0.25) is 4.79 Å². The molecule has 0 unspecified atom stereocenters. The summed E-state index contributed by atoms with van der Waals surface area (Å²) in [6.07, 6.45) is 5.09. The van der Waals surface area contributed by atoms with Gasteiger partial charge in [0.05, 0.1) is 24.3 Å². The first kappa shape index (κ1) is 17.1. The highest BCUT2D eigenvalue weighted by Crippen LogP contribution is 2.30. The number of para-hydroxylation sites is 1. The van der Waals surface area contributed by atoms with E-state index in [1.807, 2.05) is 19.9 Å². The van der Waals surface area contributed by atoms with E-state index in [2.05, 4.69) is 9.97 Å². The van der Waals surface area contributed by atoms with Gasteiger partial charge in [-0.15, -0.1) is 0 Å². The molecule has 2 aromatic rings. The summed E-state index contributed by atoms with van der Waals surface area (Å²) >= 11 is 0. The normalized spacial score (nSPS) is 8.95. The van der Waals surface area contributed by atoms with Crippen molar-refractivity contribution in [3.8, 4) is 17.6 Å². The first-order valence-electron chi connectivity index (χ1n) is 6.75. The Hall–Kier alpha value is -2.94. The molecular formula is C16H17N3O3. The third-order valence-electron chi connectivity index (χ3n) is 2.41. The van der Waals surface area contributed by atoms with Crippen LogP contribution in [0.1, 0.15) is 29.8 Å².